The number of hydrogen-bond acceptors (Lipinski definition) is 10. The summed E-state index contributed by atoms with van der Waals surface area (Å²) in [5.41, 5.74) is 0.671. The Bertz CT molecular complexity index is 818. The van der Waals surface area contributed by atoms with E-state index in [-0.39, 0.29) is 12.2 Å². The fraction of sp³-hybridized carbons (Fsp3) is 0.526. The minimum absolute atomic E-state index is 0.0495. The van der Waals surface area contributed by atoms with Crippen LogP contribution >= 0.6 is 0 Å². The lowest BCUT2D eigenvalue weighted by atomic mass is 10.0. The molecule has 0 unspecified atom stereocenters. The number of carbonyl (C=O) groups excluding carboxylic acids is 3. The number of phenols is 1. The molecule has 2 aliphatic heterocycles. The number of aliphatic hydroxyl groups excluding tert-OH is 2. The normalized spacial score (nSPS) is 32.9. The molecule has 2 saturated heterocycles. The molecule has 31 heavy (non-hydrogen) atoms. The van der Waals surface area contributed by atoms with Crippen molar-refractivity contribution < 1.29 is 44.3 Å². The smallest absolute Gasteiger partial charge is 0.325 e. The average Bonchev–Trinajstić information content (AvgIpc) is 2.96. The third-order valence-electron chi connectivity index (χ3n) is 5.08. The molecule has 2 amide bonds. The molecule has 12 nitrogen and oxygen atoms in total. The van der Waals surface area contributed by atoms with Gasteiger partial charge >= 0.3 is 5.97 Å². The van der Waals surface area contributed by atoms with Gasteiger partial charge in [-0.2, -0.15) is 0 Å². The molecule has 2 bridgehead atoms. The van der Waals surface area contributed by atoms with E-state index in [1.807, 2.05) is 0 Å². The highest BCUT2D eigenvalue weighted by molar-refractivity contribution is 5.89. The second kappa shape index (κ2) is 9.58. The molecule has 0 aliphatic carbocycles. The van der Waals surface area contributed by atoms with E-state index in [4.69, 9.17) is 9.47 Å². The van der Waals surface area contributed by atoms with Crippen LogP contribution in [0.5, 0.6) is 5.75 Å². The number of esters is 1. The van der Waals surface area contributed by atoms with Crippen LogP contribution in [-0.2, 0) is 30.3 Å². The first kappa shape index (κ1) is 22.9. The number of rotatable bonds is 2. The first-order valence-corrected chi connectivity index (χ1v) is 9.65. The third-order valence-corrected chi connectivity index (χ3v) is 5.08. The minimum atomic E-state index is -2.25. The number of fused-ring (bicyclic) bond motifs is 2. The Morgan fingerprint density at radius 3 is 2.48 bits per heavy atom. The number of aliphatic hydroxyl groups is 3. The quantitative estimate of drug-likeness (QED) is 0.228. The molecular weight excluding hydrogens is 414 g/mol. The van der Waals surface area contributed by atoms with E-state index in [2.05, 4.69) is 16.0 Å². The van der Waals surface area contributed by atoms with Gasteiger partial charge in [-0.3, -0.25) is 14.4 Å². The first-order chi connectivity index (χ1) is 14.7. The summed E-state index contributed by atoms with van der Waals surface area (Å²) < 4.78 is 10.2. The SMILES string of the molecule is O=C1CNC(=O)[C@H](Cc2ccc(O)cc2)NC[C@]2(O)O[C@H](COC(=O)CN1)[C@@H](O)[C@@H]2O. The van der Waals surface area contributed by atoms with Crippen molar-refractivity contribution in [2.75, 3.05) is 26.2 Å². The van der Waals surface area contributed by atoms with E-state index in [1.165, 1.54) is 12.1 Å². The Hall–Kier alpha value is -2.77. The summed E-state index contributed by atoms with van der Waals surface area (Å²) in [6.45, 7) is -1.77. The lowest BCUT2D eigenvalue weighted by Gasteiger charge is -2.29. The third kappa shape index (κ3) is 5.68. The van der Waals surface area contributed by atoms with Crippen molar-refractivity contribution in [3.05, 3.63) is 29.8 Å². The molecule has 170 valence electrons. The van der Waals surface area contributed by atoms with Gasteiger partial charge < -0.3 is 45.9 Å². The minimum Gasteiger partial charge on any atom is -0.508 e. The molecule has 0 spiro atoms. The van der Waals surface area contributed by atoms with Crippen LogP contribution in [0.2, 0.25) is 0 Å². The number of cyclic esters (lactones) is 1. The predicted molar refractivity (Wildman–Crippen MR) is 102 cm³/mol. The van der Waals surface area contributed by atoms with E-state index in [0.29, 0.717) is 5.56 Å². The van der Waals surface area contributed by atoms with Crippen LogP contribution < -0.4 is 16.0 Å². The Balaban J connectivity index is 1.79. The zero-order chi connectivity index (χ0) is 22.6. The number of phenolic OH excluding ortho intramolecular Hbond substituents is 1. The number of β-amino-alcohol motifs (C(OH)–C–C–N with tert-alkyl or cyclic N) is 1. The molecular formula is C19H25N3O9. The molecule has 0 aromatic heterocycles. The van der Waals surface area contributed by atoms with E-state index in [1.54, 1.807) is 12.1 Å². The van der Waals surface area contributed by atoms with Crippen molar-refractivity contribution in [2.45, 2.75) is 36.6 Å². The molecule has 1 aromatic rings. The van der Waals surface area contributed by atoms with Gasteiger partial charge in [0.25, 0.3) is 0 Å². The zero-order valence-corrected chi connectivity index (χ0v) is 16.5. The van der Waals surface area contributed by atoms with Gasteiger partial charge in [-0.15, -0.1) is 0 Å². The number of benzene rings is 1. The van der Waals surface area contributed by atoms with E-state index < -0.39 is 74.2 Å². The van der Waals surface area contributed by atoms with Gasteiger partial charge in [0, 0.05) is 0 Å². The first-order valence-electron chi connectivity index (χ1n) is 9.65. The number of hydrogen-bond donors (Lipinski definition) is 7. The lowest BCUT2D eigenvalue weighted by Crippen LogP contribution is -2.56. The number of nitrogens with one attached hydrogen (secondary N) is 3. The summed E-state index contributed by atoms with van der Waals surface area (Å²) in [4.78, 5) is 36.3. The molecule has 5 atom stereocenters. The summed E-state index contributed by atoms with van der Waals surface area (Å²) in [5.74, 6) is -4.23. The summed E-state index contributed by atoms with van der Waals surface area (Å²) in [6.07, 6.45) is -4.37. The van der Waals surface area contributed by atoms with Crippen LogP contribution in [-0.4, -0.2) is 94.6 Å². The largest absolute Gasteiger partial charge is 0.508 e. The summed E-state index contributed by atoms with van der Waals surface area (Å²) in [7, 11) is 0. The van der Waals surface area contributed by atoms with Gasteiger partial charge in [-0.05, 0) is 24.1 Å². The van der Waals surface area contributed by atoms with Crippen LogP contribution in [0.4, 0.5) is 0 Å². The van der Waals surface area contributed by atoms with Crippen molar-refractivity contribution >= 4 is 17.8 Å². The summed E-state index contributed by atoms with van der Waals surface area (Å²) in [6, 6.07) is 5.14. The van der Waals surface area contributed by atoms with Crippen molar-refractivity contribution in [3.8, 4) is 5.75 Å². The second-order valence-corrected chi connectivity index (χ2v) is 7.42. The van der Waals surface area contributed by atoms with E-state index in [0.717, 1.165) is 0 Å². The Morgan fingerprint density at radius 2 is 1.77 bits per heavy atom. The maximum absolute atomic E-state index is 12.7. The average molecular weight is 439 g/mol. The highest BCUT2D eigenvalue weighted by Crippen LogP contribution is 2.29. The second-order valence-electron chi connectivity index (χ2n) is 7.42. The number of aromatic hydroxyl groups is 1. The van der Waals surface area contributed by atoms with Crippen molar-refractivity contribution in [3.63, 3.8) is 0 Å². The monoisotopic (exact) mass is 439 g/mol. The van der Waals surface area contributed by atoms with Gasteiger partial charge in [0.15, 0.2) is 0 Å². The molecule has 3 rings (SSSR count). The fourth-order valence-electron chi connectivity index (χ4n) is 3.30. The van der Waals surface area contributed by atoms with Gasteiger partial charge in [-0.25, -0.2) is 0 Å². The van der Waals surface area contributed by atoms with Crippen LogP contribution in [0.3, 0.4) is 0 Å². The molecule has 2 fully saturated rings. The van der Waals surface area contributed by atoms with Gasteiger partial charge in [0.1, 0.15) is 37.2 Å². The Labute approximate surface area is 177 Å². The van der Waals surface area contributed by atoms with Crippen molar-refractivity contribution in [1.82, 2.24) is 16.0 Å². The van der Waals surface area contributed by atoms with E-state index >= 15 is 0 Å². The van der Waals surface area contributed by atoms with Crippen LogP contribution in [0, 0.1) is 0 Å². The lowest BCUT2D eigenvalue weighted by molar-refractivity contribution is -0.228. The maximum Gasteiger partial charge on any atom is 0.325 e. The highest BCUT2D eigenvalue weighted by atomic mass is 16.7. The predicted octanol–water partition coefficient (Wildman–Crippen LogP) is -3.51. The molecule has 0 radical (unpaired) electrons. The van der Waals surface area contributed by atoms with Crippen molar-refractivity contribution in [1.29, 1.82) is 0 Å². The molecule has 12 heteroatoms. The van der Waals surface area contributed by atoms with Gasteiger partial charge in [-0.1, -0.05) is 12.1 Å². The van der Waals surface area contributed by atoms with Gasteiger partial charge in [0.05, 0.1) is 19.1 Å². The van der Waals surface area contributed by atoms with Gasteiger partial charge in [0.2, 0.25) is 17.6 Å². The summed E-state index contributed by atoms with van der Waals surface area (Å²) >= 11 is 0. The zero-order valence-electron chi connectivity index (χ0n) is 16.5. The number of amides is 2. The molecule has 7 N–H and O–H groups in total. The van der Waals surface area contributed by atoms with Crippen LogP contribution in [0.25, 0.3) is 0 Å². The van der Waals surface area contributed by atoms with Crippen LogP contribution in [0.15, 0.2) is 24.3 Å². The standard InChI is InChI=1S/C19H25N3O9/c23-11-3-1-10(2-4-11)5-12-18(28)21-6-14(24)20-7-15(25)30-8-13-16(26)17(27)19(29,31-13)9-22-12/h1-4,12-13,16-17,22-23,26-27,29H,5-9H2,(H,20,24)(H,21,28)/t12-,13+,16+,17-,19-/m0/s1. The fourth-order valence-corrected chi connectivity index (χ4v) is 3.30. The van der Waals surface area contributed by atoms with Crippen LogP contribution in [0.1, 0.15) is 5.56 Å². The molecule has 1 aromatic carbocycles. The highest BCUT2D eigenvalue weighted by Gasteiger charge is 2.53. The Kier molecular flexibility index (Phi) is 7.08. The maximum atomic E-state index is 12.7. The topological polar surface area (TPSA) is 187 Å². The number of carbonyl (C=O) groups is 3. The molecule has 2 heterocycles. The number of ether oxygens (including phenoxy) is 2. The Morgan fingerprint density at radius 1 is 1.06 bits per heavy atom. The van der Waals surface area contributed by atoms with Crippen molar-refractivity contribution in [2.24, 2.45) is 0 Å². The summed E-state index contributed by atoms with van der Waals surface area (Å²) in [5, 5.41) is 48.0. The molecule has 2 aliphatic rings. The molecule has 0 saturated carbocycles. The van der Waals surface area contributed by atoms with E-state index in [9.17, 15) is 34.8 Å².